The molecule has 3 rings (SSSR count). The van der Waals surface area contributed by atoms with E-state index in [2.05, 4.69) is 5.32 Å². The number of nitrogens with one attached hydrogen (secondary N) is 1. The Morgan fingerprint density at radius 1 is 1.14 bits per heavy atom. The zero-order valence-electron chi connectivity index (χ0n) is 11.8. The number of hydrogen-bond donors (Lipinski definition) is 1. The average Bonchev–Trinajstić information content (AvgIpc) is 2.49. The lowest BCUT2D eigenvalue weighted by Gasteiger charge is -2.09. The van der Waals surface area contributed by atoms with E-state index in [1.54, 1.807) is 18.2 Å². The number of anilines is 1. The van der Waals surface area contributed by atoms with Crippen LogP contribution in [0.1, 0.15) is 16.1 Å². The Balaban J connectivity index is 1.99. The summed E-state index contributed by atoms with van der Waals surface area (Å²) in [5.41, 5.74) is 1.75. The third kappa shape index (κ3) is 2.48. The predicted octanol–water partition coefficient (Wildman–Crippen LogP) is 3.17. The fourth-order valence-corrected chi connectivity index (χ4v) is 2.28. The number of pyridine rings is 1. The van der Waals surface area contributed by atoms with Crippen LogP contribution < -0.4 is 10.0 Å². The molecule has 1 N–H and O–H groups in total. The van der Waals surface area contributed by atoms with Gasteiger partial charge in [0.2, 0.25) is 5.52 Å². The van der Waals surface area contributed by atoms with E-state index >= 15 is 0 Å². The Bertz CT molecular complexity index is 878. The molecule has 0 aliphatic heterocycles. The molecule has 0 aliphatic rings. The van der Waals surface area contributed by atoms with E-state index in [1.807, 2.05) is 19.1 Å². The lowest BCUT2D eigenvalue weighted by molar-refractivity contribution is -0.579. The molecule has 5 heteroatoms. The Hall–Kier alpha value is -2.95. The van der Waals surface area contributed by atoms with Gasteiger partial charge in [-0.25, -0.2) is 4.39 Å². The van der Waals surface area contributed by atoms with E-state index in [9.17, 15) is 14.4 Å². The molecule has 1 amide bonds. The van der Waals surface area contributed by atoms with E-state index in [-0.39, 0.29) is 11.2 Å². The van der Waals surface area contributed by atoms with E-state index in [0.29, 0.717) is 15.8 Å². The number of carbonyl (C=O) groups is 1. The highest BCUT2D eigenvalue weighted by atomic mass is 19.1. The minimum atomic E-state index is -0.504. The lowest BCUT2D eigenvalue weighted by Crippen LogP contribution is -2.37. The lowest BCUT2D eigenvalue weighted by atomic mass is 10.1. The van der Waals surface area contributed by atoms with Crippen LogP contribution >= 0.6 is 0 Å². The molecule has 1 aromatic heterocycles. The average molecular weight is 296 g/mol. The highest BCUT2D eigenvalue weighted by Crippen LogP contribution is 2.16. The van der Waals surface area contributed by atoms with E-state index in [4.69, 9.17) is 0 Å². The van der Waals surface area contributed by atoms with Gasteiger partial charge in [0.1, 0.15) is 5.82 Å². The summed E-state index contributed by atoms with van der Waals surface area (Å²) < 4.78 is 13.7. The van der Waals surface area contributed by atoms with Gasteiger partial charge >= 0.3 is 5.91 Å². The number of hydrogen-bond acceptors (Lipinski definition) is 2. The molecule has 0 atom stereocenters. The summed E-state index contributed by atoms with van der Waals surface area (Å²) in [6, 6.07) is 14.1. The van der Waals surface area contributed by atoms with Crippen molar-refractivity contribution in [2.75, 3.05) is 5.32 Å². The van der Waals surface area contributed by atoms with Crippen molar-refractivity contribution in [1.82, 2.24) is 0 Å². The van der Waals surface area contributed by atoms with Gasteiger partial charge in [-0.15, -0.1) is 0 Å². The van der Waals surface area contributed by atoms with Gasteiger partial charge in [0.15, 0.2) is 0 Å². The van der Waals surface area contributed by atoms with Crippen molar-refractivity contribution in [2.45, 2.75) is 6.92 Å². The van der Waals surface area contributed by atoms with Crippen LogP contribution in [0.2, 0.25) is 0 Å². The maximum Gasteiger partial charge on any atom is 0.321 e. The Morgan fingerprint density at radius 2 is 1.91 bits per heavy atom. The Kier molecular flexibility index (Phi) is 3.47. The SMILES string of the molecule is Cc1ccccc1NC(=O)c1ccc2cc(F)ccc2[n+]1[O-]. The third-order valence-corrected chi connectivity index (χ3v) is 3.47. The molecular weight excluding hydrogens is 283 g/mol. The Labute approximate surface area is 126 Å². The number of amides is 1. The summed E-state index contributed by atoms with van der Waals surface area (Å²) >= 11 is 0. The number of benzene rings is 2. The summed E-state index contributed by atoms with van der Waals surface area (Å²) in [6.45, 7) is 1.87. The van der Waals surface area contributed by atoms with Crippen molar-refractivity contribution in [3.05, 3.63) is 76.9 Å². The topological polar surface area (TPSA) is 56.0 Å². The van der Waals surface area contributed by atoms with Gasteiger partial charge in [0.25, 0.3) is 5.69 Å². The molecule has 0 fully saturated rings. The van der Waals surface area contributed by atoms with Crippen molar-refractivity contribution < 1.29 is 13.9 Å². The van der Waals surface area contributed by atoms with Gasteiger partial charge in [-0.2, -0.15) is 4.73 Å². The first-order valence-electron chi connectivity index (χ1n) is 6.75. The molecule has 0 bridgehead atoms. The first-order chi connectivity index (χ1) is 10.6. The van der Waals surface area contributed by atoms with E-state index < -0.39 is 11.7 Å². The van der Waals surface area contributed by atoms with Crippen molar-refractivity contribution in [3.63, 3.8) is 0 Å². The molecule has 0 spiro atoms. The summed E-state index contributed by atoms with van der Waals surface area (Å²) in [7, 11) is 0. The minimum absolute atomic E-state index is 0.0395. The fourth-order valence-electron chi connectivity index (χ4n) is 2.28. The Morgan fingerprint density at radius 3 is 2.68 bits per heavy atom. The maximum absolute atomic E-state index is 13.2. The number of halogens is 1. The van der Waals surface area contributed by atoms with Gasteiger partial charge in [0, 0.05) is 17.8 Å². The van der Waals surface area contributed by atoms with Crippen molar-refractivity contribution >= 4 is 22.5 Å². The molecule has 1 heterocycles. The molecular formula is C17H13FN2O2. The fraction of sp³-hybridized carbons (Fsp3) is 0.0588. The van der Waals surface area contributed by atoms with Gasteiger partial charge in [-0.05, 0) is 36.8 Å². The smallest absolute Gasteiger partial charge is 0.321 e. The summed E-state index contributed by atoms with van der Waals surface area (Å²) in [6.07, 6.45) is 0. The second-order valence-electron chi connectivity index (χ2n) is 4.99. The third-order valence-electron chi connectivity index (χ3n) is 3.47. The molecule has 0 saturated carbocycles. The van der Waals surface area contributed by atoms with Crippen LogP contribution in [0.3, 0.4) is 0 Å². The molecule has 0 saturated heterocycles. The van der Waals surface area contributed by atoms with Gasteiger partial charge in [0.05, 0.1) is 5.39 Å². The molecule has 2 aromatic carbocycles. The maximum atomic E-state index is 13.2. The highest BCUT2D eigenvalue weighted by Gasteiger charge is 2.19. The van der Waals surface area contributed by atoms with E-state index in [0.717, 1.165) is 5.56 Å². The first-order valence-corrected chi connectivity index (χ1v) is 6.75. The predicted molar refractivity (Wildman–Crippen MR) is 82.0 cm³/mol. The van der Waals surface area contributed by atoms with Crippen LogP contribution in [0.25, 0.3) is 10.9 Å². The monoisotopic (exact) mass is 296 g/mol. The first kappa shape index (κ1) is 14.0. The van der Waals surface area contributed by atoms with E-state index in [1.165, 1.54) is 24.3 Å². The molecule has 4 nitrogen and oxygen atoms in total. The molecule has 22 heavy (non-hydrogen) atoms. The summed E-state index contributed by atoms with van der Waals surface area (Å²) in [5.74, 6) is -0.930. The van der Waals surface area contributed by atoms with Crippen LogP contribution in [0.4, 0.5) is 10.1 Å². The molecule has 0 radical (unpaired) electrons. The molecule has 110 valence electrons. The summed E-state index contributed by atoms with van der Waals surface area (Å²) in [4.78, 5) is 12.3. The number of aryl methyl sites for hydroxylation is 1. The van der Waals surface area contributed by atoms with Gasteiger partial charge < -0.3 is 10.5 Å². The normalized spacial score (nSPS) is 10.6. The van der Waals surface area contributed by atoms with Crippen LogP contribution in [0.5, 0.6) is 0 Å². The molecule has 0 aliphatic carbocycles. The second kappa shape index (κ2) is 5.44. The highest BCUT2D eigenvalue weighted by molar-refractivity contribution is 6.02. The van der Waals surface area contributed by atoms with Crippen LogP contribution in [0.15, 0.2) is 54.6 Å². The second-order valence-corrected chi connectivity index (χ2v) is 4.99. The van der Waals surface area contributed by atoms with Gasteiger partial charge in [-0.3, -0.25) is 4.79 Å². The summed E-state index contributed by atoms with van der Waals surface area (Å²) in [5, 5.41) is 15.4. The van der Waals surface area contributed by atoms with Crippen molar-refractivity contribution in [2.24, 2.45) is 0 Å². The number of rotatable bonds is 2. The standard InChI is InChI=1S/C17H13FN2O2/c1-11-4-2-3-5-14(11)19-17(21)16-8-6-12-10-13(18)7-9-15(12)20(16)22/h2-10H,1H3,(H,19,21). The molecule has 3 aromatic rings. The van der Waals surface area contributed by atoms with Crippen molar-refractivity contribution in [3.8, 4) is 0 Å². The largest absolute Gasteiger partial charge is 0.618 e. The number of para-hydroxylation sites is 1. The zero-order chi connectivity index (χ0) is 15.7. The van der Waals surface area contributed by atoms with Crippen LogP contribution in [0, 0.1) is 17.9 Å². The minimum Gasteiger partial charge on any atom is -0.618 e. The number of nitrogens with zero attached hydrogens (tertiary/aromatic N) is 1. The van der Waals surface area contributed by atoms with Crippen molar-refractivity contribution in [1.29, 1.82) is 0 Å². The van der Waals surface area contributed by atoms with Crippen LogP contribution in [-0.2, 0) is 0 Å². The number of fused-ring (bicyclic) bond motifs is 1. The number of aromatic nitrogens is 1. The zero-order valence-corrected chi connectivity index (χ0v) is 11.8. The van der Waals surface area contributed by atoms with Gasteiger partial charge in [-0.1, -0.05) is 18.2 Å². The quantitative estimate of drug-likeness (QED) is 0.583. The molecule has 0 unspecified atom stereocenters. The number of carbonyl (C=O) groups excluding carboxylic acids is 1. The van der Waals surface area contributed by atoms with Crippen LogP contribution in [-0.4, -0.2) is 5.91 Å².